The third-order valence-corrected chi connectivity index (χ3v) is 7.28. The fourth-order valence-corrected chi connectivity index (χ4v) is 5.24. The lowest BCUT2D eigenvalue weighted by Crippen LogP contribution is -2.19. The van der Waals surface area contributed by atoms with Crippen molar-refractivity contribution in [2.24, 2.45) is 16.0 Å². The van der Waals surface area contributed by atoms with E-state index in [9.17, 15) is 35.1 Å². The SMILES string of the molecule is C=C.CNCNc1nc(F)nc(Nc2ccc(N=Nc3cc4c(S(=O)(=O)O)cc(C)cc4cc3S(=O)(=O)O)c(NC(N)=O)c2)n1. The maximum atomic E-state index is 13.9. The van der Waals surface area contributed by atoms with Gasteiger partial charge in [0.05, 0.1) is 12.4 Å². The molecular weight excluding hydrogens is 635 g/mol. The molecule has 20 heteroatoms. The van der Waals surface area contributed by atoms with Crippen molar-refractivity contribution >= 4 is 71.7 Å². The predicted molar refractivity (Wildman–Crippen MR) is 164 cm³/mol. The Morgan fingerprint density at radius 1 is 0.933 bits per heavy atom. The number of fused-ring (bicyclic) bond motifs is 1. The van der Waals surface area contributed by atoms with Crippen molar-refractivity contribution in [1.82, 2.24) is 20.3 Å². The number of anilines is 4. The molecule has 0 bridgehead atoms. The highest BCUT2D eigenvalue weighted by molar-refractivity contribution is 7.86. The number of benzene rings is 3. The fourth-order valence-electron chi connectivity index (χ4n) is 3.81. The molecule has 4 rings (SSSR count). The van der Waals surface area contributed by atoms with Crippen molar-refractivity contribution in [3.63, 3.8) is 0 Å². The molecule has 17 nitrogen and oxygen atoms in total. The van der Waals surface area contributed by atoms with Crippen LogP contribution in [0.1, 0.15) is 5.56 Å². The van der Waals surface area contributed by atoms with Crippen LogP contribution in [-0.2, 0) is 20.2 Å². The van der Waals surface area contributed by atoms with Gasteiger partial charge in [0.15, 0.2) is 0 Å². The quantitative estimate of drug-likeness (QED) is 0.0548. The van der Waals surface area contributed by atoms with E-state index in [-0.39, 0.29) is 46.4 Å². The van der Waals surface area contributed by atoms with Crippen LogP contribution in [0.25, 0.3) is 10.8 Å². The minimum absolute atomic E-state index is 0.0484. The number of amides is 2. The van der Waals surface area contributed by atoms with Crippen LogP contribution in [0, 0.1) is 13.0 Å². The van der Waals surface area contributed by atoms with Crippen molar-refractivity contribution in [2.75, 3.05) is 29.7 Å². The second-order valence-corrected chi connectivity index (χ2v) is 11.5. The molecule has 0 unspecified atom stereocenters. The lowest BCUT2D eigenvalue weighted by molar-refractivity contribution is 0.259. The summed E-state index contributed by atoms with van der Waals surface area (Å²) in [5, 5.41) is 18.3. The van der Waals surface area contributed by atoms with Gasteiger partial charge in [-0.2, -0.15) is 36.2 Å². The lowest BCUT2D eigenvalue weighted by atomic mass is 10.1. The molecule has 8 N–H and O–H groups in total. The minimum atomic E-state index is -4.90. The summed E-state index contributed by atoms with van der Waals surface area (Å²) in [7, 11) is -7.99. The number of nitrogens with zero attached hydrogens (tertiary/aromatic N) is 5. The molecule has 0 radical (unpaired) electrons. The van der Waals surface area contributed by atoms with E-state index in [1.54, 1.807) is 7.05 Å². The van der Waals surface area contributed by atoms with E-state index in [2.05, 4.69) is 59.6 Å². The number of primary amides is 1. The zero-order valence-electron chi connectivity index (χ0n) is 23.6. The Morgan fingerprint density at radius 3 is 2.20 bits per heavy atom. The van der Waals surface area contributed by atoms with Gasteiger partial charge in [0.2, 0.25) is 11.9 Å². The fraction of sp³-hybridized carbons (Fsp3) is 0.120. The van der Waals surface area contributed by atoms with Crippen molar-refractivity contribution < 1.29 is 35.1 Å². The number of carbonyl (C=O) groups is 1. The van der Waals surface area contributed by atoms with Gasteiger partial charge in [0, 0.05) is 11.1 Å². The summed E-state index contributed by atoms with van der Waals surface area (Å²) in [5.41, 5.74) is 5.28. The van der Waals surface area contributed by atoms with Crippen LogP contribution in [0.2, 0.25) is 0 Å². The maximum absolute atomic E-state index is 13.9. The highest BCUT2D eigenvalue weighted by Gasteiger charge is 2.22. The molecule has 0 saturated carbocycles. The van der Waals surface area contributed by atoms with E-state index in [1.165, 1.54) is 37.3 Å². The normalized spacial score (nSPS) is 11.6. The molecule has 238 valence electrons. The molecule has 3 aromatic carbocycles. The van der Waals surface area contributed by atoms with Crippen molar-refractivity contribution in [2.45, 2.75) is 16.7 Å². The molecule has 1 aromatic heterocycles. The molecule has 0 fully saturated rings. The first-order valence-electron chi connectivity index (χ1n) is 12.4. The van der Waals surface area contributed by atoms with Gasteiger partial charge in [0.25, 0.3) is 20.2 Å². The second-order valence-electron chi connectivity index (χ2n) is 8.76. The number of rotatable bonds is 10. The molecule has 45 heavy (non-hydrogen) atoms. The first-order chi connectivity index (χ1) is 21.1. The molecule has 0 saturated heterocycles. The van der Waals surface area contributed by atoms with Gasteiger partial charge in [-0.05, 0) is 61.3 Å². The molecule has 0 atom stereocenters. The Labute approximate surface area is 256 Å². The van der Waals surface area contributed by atoms with Crippen LogP contribution in [0.15, 0.2) is 75.6 Å². The van der Waals surface area contributed by atoms with Gasteiger partial charge < -0.3 is 27.0 Å². The number of nitrogens with one attached hydrogen (secondary N) is 4. The third kappa shape index (κ3) is 8.93. The highest BCUT2D eigenvalue weighted by Crippen LogP contribution is 2.36. The Hall–Kier alpha value is -5.15. The van der Waals surface area contributed by atoms with Gasteiger partial charge in [-0.15, -0.1) is 23.4 Å². The van der Waals surface area contributed by atoms with Crippen molar-refractivity contribution in [1.29, 1.82) is 0 Å². The van der Waals surface area contributed by atoms with Crippen LogP contribution in [0.5, 0.6) is 0 Å². The van der Waals surface area contributed by atoms with E-state index in [0.29, 0.717) is 5.56 Å². The molecule has 4 aromatic rings. The number of nitrogens with two attached hydrogens (primary N) is 1. The van der Waals surface area contributed by atoms with Gasteiger partial charge in [0.1, 0.15) is 21.2 Å². The van der Waals surface area contributed by atoms with Crippen molar-refractivity contribution in [3.05, 3.63) is 67.3 Å². The standard InChI is InChI=1S/C23H23FN10O7S2.C2H4/c1-11-5-12-7-19(43(39,40)41)17(9-14(12)18(6-11)42(36,37)38)34-33-15-4-3-13(8-16(15)29-21(25)35)28-23-31-20(24)30-22(32-23)27-10-26-2;1-2/h3-9,26H,10H2,1-2H3,(H3,25,29,35)(H,36,37,38)(H,39,40,41)(H2,27,28,30,31,32);1-2H2. The number of halogens is 1. The summed E-state index contributed by atoms with van der Waals surface area (Å²) in [4.78, 5) is 21.5. The Balaban J connectivity index is 0.00000271. The van der Waals surface area contributed by atoms with E-state index >= 15 is 0 Å². The predicted octanol–water partition coefficient (Wildman–Crippen LogP) is 4.01. The summed E-state index contributed by atoms with van der Waals surface area (Å²) in [6.45, 7) is 7.76. The number of azo groups is 1. The summed E-state index contributed by atoms with van der Waals surface area (Å²) in [6.07, 6.45) is -1.07. The molecular formula is C25H27FN10O7S2. The zero-order valence-corrected chi connectivity index (χ0v) is 25.2. The van der Waals surface area contributed by atoms with Crippen LogP contribution in [0.4, 0.5) is 43.8 Å². The van der Waals surface area contributed by atoms with Gasteiger partial charge in [-0.25, -0.2) is 4.79 Å². The maximum Gasteiger partial charge on any atom is 0.316 e. The highest BCUT2D eigenvalue weighted by atomic mass is 32.2. The number of aromatic nitrogens is 3. The zero-order chi connectivity index (χ0) is 33.5. The largest absolute Gasteiger partial charge is 0.351 e. The first-order valence-corrected chi connectivity index (χ1v) is 15.2. The van der Waals surface area contributed by atoms with Gasteiger partial charge in [-0.1, -0.05) is 6.07 Å². The van der Waals surface area contributed by atoms with Crippen LogP contribution in [0.3, 0.4) is 0 Å². The first kappa shape index (κ1) is 34.3. The van der Waals surface area contributed by atoms with Crippen LogP contribution >= 0.6 is 0 Å². The monoisotopic (exact) mass is 662 g/mol. The van der Waals surface area contributed by atoms with Crippen molar-refractivity contribution in [3.8, 4) is 0 Å². The summed E-state index contributed by atoms with van der Waals surface area (Å²) in [5.74, 6) is -0.257. The number of urea groups is 1. The topological polar surface area (TPSA) is 263 Å². The Bertz CT molecular complexity index is 2010. The number of hydrogen-bond acceptors (Lipinski definition) is 13. The number of hydrogen-bond donors (Lipinski definition) is 7. The average molecular weight is 663 g/mol. The van der Waals surface area contributed by atoms with E-state index in [0.717, 1.165) is 12.1 Å². The minimum Gasteiger partial charge on any atom is -0.351 e. The molecule has 0 aliphatic heterocycles. The summed E-state index contributed by atoms with van der Waals surface area (Å²) < 4.78 is 81.8. The second kappa shape index (κ2) is 14.1. The molecule has 0 aliphatic carbocycles. The van der Waals surface area contributed by atoms with E-state index in [1.807, 2.05) is 0 Å². The summed E-state index contributed by atoms with van der Waals surface area (Å²) >= 11 is 0. The Morgan fingerprint density at radius 2 is 1.58 bits per heavy atom. The van der Waals surface area contributed by atoms with E-state index in [4.69, 9.17) is 5.73 Å². The smallest absolute Gasteiger partial charge is 0.316 e. The molecule has 0 aliphatic rings. The number of carbonyl (C=O) groups excluding carboxylic acids is 1. The summed E-state index contributed by atoms with van der Waals surface area (Å²) in [6, 6.07) is 7.63. The molecule has 1 heterocycles. The lowest BCUT2D eigenvalue weighted by Gasteiger charge is -2.11. The number of aryl methyl sites for hydroxylation is 1. The Kier molecular flexibility index (Phi) is 10.8. The molecule has 0 spiro atoms. The average Bonchev–Trinajstić information content (AvgIpc) is 2.94. The molecule has 2 amide bonds. The van der Waals surface area contributed by atoms with E-state index < -0.39 is 47.8 Å². The van der Waals surface area contributed by atoms with Crippen LogP contribution < -0.4 is 27.0 Å². The van der Waals surface area contributed by atoms with Gasteiger partial charge >= 0.3 is 12.1 Å². The van der Waals surface area contributed by atoms with Gasteiger partial charge in [-0.3, -0.25) is 9.11 Å². The van der Waals surface area contributed by atoms with Crippen LogP contribution in [-0.4, -0.2) is 60.6 Å². The third-order valence-electron chi connectivity index (χ3n) is 5.50.